The van der Waals surface area contributed by atoms with E-state index >= 15 is 0 Å². The van der Waals surface area contributed by atoms with Gasteiger partial charge in [0.05, 0.1) is 34.8 Å². The van der Waals surface area contributed by atoms with E-state index in [-0.39, 0.29) is 31.9 Å². The van der Waals surface area contributed by atoms with Gasteiger partial charge in [-0.15, -0.1) is 11.3 Å². The fourth-order valence-electron chi connectivity index (χ4n) is 4.33. The zero-order valence-electron chi connectivity index (χ0n) is 21.4. The minimum Gasteiger partial charge on any atom is -0.394 e. The number of benzene rings is 1. The van der Waals surface area contributed by atoms with Crippen molar-refractivity contribution in [1.29, 1.82) is 0 Å². The number of aliphatic hydroxyl groups excluding tert-OH is 2. The number of hydrogen-bond donors (Lipinski definition) is 4. The largest absolute Gasteiger partial charge is 0.394 e. The predicted molar refractivity (Wildman–Crippen MR) is 138 cm³/mol. The third-order valence-corrected chi connectivity index (χ3v) is 7.40. The molecule has 36 heavy (non-hydrogen) atoms. The number of rotatable bonds is 8. The van der Waals surface area contributed by atoms with Crippen molar-refractivity contribution in [2.24, 2.45) is 5.41 Å². The highest BCUT2D eigenvalue weighted by Gasteiger charge is 2.44. The first kappa shape index (κ1) is 27.8. The van der Waals surface area contributed by atoms with E-state index in [1.54, 1.807) is 23.8 Å². The Hall–Kier alpha value is -2.82. The number of carbonyl (C=O) groups excluding carboxylic acids is 3. The summed E-state index contributed by atoms with van der Waals surface area (Å²) in [6.45, 7) is 8.83. The first-order chi connectivity index (χ1) is 17.0. The molecule has 2 aromatic rings. The first-order valence-corrected chi connectivity index (χ1v) is 13.0. The summed E-state index contributed by atoms with van der Waals surface area (Å²) < 4.78 is 0. The van der Waals surface area contributed by atoms with Gasteiger partial charge in [-0.3, -0.25) is 14.4 Å². The quantitative estimate of drug-likeness (QED) is 0.425. The maximum atomic E-state index is 13.5. The van der Waals surface area contributed by atoms with Crippen molar-refractivity contribution in [2.45, 2.75) is 71.7 Å². The molecule has 0 spiro atoms. The summed E-state index contributed by atoms with van der Waals surface area (Å²) in [6.07, 6.45) is -0.550. The van der Waals surface area contributed by atoms with Gasteiger partial charge in [-0.2, -0.15) is 0 Å². The lowest BCUT2D eigenvalue weighted by atomic mass is 9.85. The Kier molecular flexibility index (Phi) is 8.86. The molecule has 3 rings (SSSR count). The van der Waals surface area contributed by atoms with Crippen LogP contribution in [-0.2, 0) is 14.4 Å². The Morgan fingerprint density at radius 1 is 1.19 bits per heavy atom. The molecular formula is C26H36N4O5S. The molecule has 1 saturated heterocycles. The molecule has 1 fully saturated rings. The molecule has 0 bridgehead atoms. The number of β-amino-alcohol motifs (C(OH)–C–C–N with tert-alkyl or cyclic N) is 1. The molecule has 4 atom stereocenters. The van der Waals surface area contributed by atoms with E-state index in [0.29, 0.717) is 0 Å². The Morgan fingerprint density at radius 2 is 1.86 bits per heavy atom. The SMILES string of the molecule is CCC(=O)NC(C(=O)N1CC(O)CC1C(=O)NC(CO)c1ccc(-c2scnc2C)cc1)C(C)(C)C. The number of carbonyl (C=O) groups is 3. The van der Waals surface area contributed by atoms with Gasteiger partial charge in [0, 0.05) is 19.4 Å². The molecule has 196 valence electrons. The molecule has 0 saturated carbocycles. The number of thiazole rings is 1. The number of amides is 3. The van der Waals surface area contributed by atoms with Crippen LogP contribution in [0, 0.1) is 12.3 Å². The summed E-state index contributed by atoms with van der Waals surface area (Å²) in [5.41, 5.74) is 3.85. The molecular weight excluding hydrogens is 480 g/mol. The monoisotopic (exact) mass is 516 g/mol. The number of hydrogen-bond acceptors (Lipinski definition) is 7. The van der Waals surface area contributed by atoms with E-state index in [2.05, 4.69) is 15.6 Å². The van der Waals surface area contributed by atoms with Crippen molar-refractivity contribution < 1.29 is 24.6 Å². The molecule has 1 aliphatic heterocycles. The Labute approximate surface area is 215 Å². The van der Waals surface area contributed by atoms with Crippen LogP contribution >= 0.6 is 11.3 Å². The van der Waals surface area contributed by atoms with Crippen LogP contribution < -0.4 is 10.6 Å². The summed E-state index contributed by atoms with van der Waals surface area (Å²) >= 11 is 1.54. The number of aryl methyl sites for hydroxylation is 1. The van der Waals surface area contributed by atoms with Crippen LogP contribution in [0.1, 0.15) is 57.8 Å². The van der Waals surface area contributed by atoms with Gasteiger partial charge in [0.25, 0.3) is 0 Å². The molecule has 1 aliphatic rings. The summed E-state index contributed by atoms with van der Waals surface area (Å²) in [4.78, 5) is 45.5. The van der Waals surface area contributed by atoms with Gasteiger partial charge in [0.15, 0.2) is 0 Å². The van der Waals surface area contributed by atoms with Crippen molar-refractivity contribution in [2.75, 3.05) is 13.2 Å². The van der Waals surface area contributed by atoms with Crippen LogP contribution in [0.3, 0.4) is 0 Å². The molecule has 0 radical (unpaired) electrons. The highest BCUT2D eigenvalue weighted by atomic mass is 32.1. The number of likely N-dealkylation sites (tertiary alicyclic amines) is 1. The standard InChI is InChI=1S/C26H36N4O5S/c1-6-21(33)29-23(26(3,4)5)25(35)30-12-18(32)11-20(30)24(34)28-19(13-31)16-7-9-17(10-8-16)22-15(2)27-14-36-22/h7-10,14,18-20,23,31-32H,6,11-13H2,1-5H3,(H,28,34)(H,29,33). The van der Waals surface area contributed by atoms with Crippen molar-refractivity contribution in [3.63, 3.8) is 0 Å². The van der Waals surface area contributed by atoms with Gasteiger partial charge in [-0.05, 0) is 23.5 Å². The highest BCUT2D eigenvalue weighted by Crippen LogP contribution is 2.29. The fraction of sp³-hybridized carbons (Fsp3) is 0.538. The van der Waals surface area contributed by atoms with E-state index in [9.17, 15) is 24.6 Å². The number of nitrogens with zero attached hydrogens (tertiary/aromatic N) is 2. The van der Waals surface area contributed by atoms with E-state index in [4.69, 9.17) is 0 Å². The lowest BCUT2D eigenvalue weighted by Crippen LogP contribution is -2.57. The Balaban J connectivity index is 1.76. The first-order valence-electron chi connectivity index (χ1n) is 12.2. The van der Waals surface area contributed by atoms with Gasteiger partial charge >= 0.3 is 0 Å². The lowest BCUT2D eigenvalue weighted by molar-refractivity contribution is -0.144. The van der Waals surface area contributed by atoms with Gasteiger partial charge in [0.2, 0.25) is 17.7 Å². The topological polar surface area (TPSA) is 132 Å². The van der Waals surface area contributed by atoms with Crippen LogP contribution in [0.4, 0.5) is 0 Å². The van der Waals surface area contributed by atoms with E-state index in [0.717, 1.165) is 21.7 Å². The third kappa shape index (κ3) is 6.29. The van der Waals surface area contributed by atoms with Gasteiger partial charge in [0.1, 0.15) is 12.1 Å². The van der Waals surface area contributed by atoms with Gasteiger partial charge in [-0.1, -0.05) is 52.0 Å². The van der Waals surface area contributed by atoms with Gasteiger partial charge in [-0.25, -0.2) is 4.98 Å². The molecule has 1 aromatic carbocycles. The second kappa shape index (κ2) is 11.5. The molecule has 4 N–H and O–H groups in total. The minimum absolute atomic E-state index is 0.00180. The molecule has 2 heterocycles. The number of nitrogens with one attached hydrogen (secondary N) is 2. The average molecular weight is 517 g/mol. The molecule has 10 heteroatoms. The second-order valence-electron chi connectivity index (χ2n) is 10.2. The van der Waals surface area contributed by atoms with E-state index in [1.165, 1.54) is 4.90 Å². The average Bonchev–Trinajstić information content (AvgIpc) is 3.45. The zero-order chi connectivity index (χ0) is 26.6. The van der Waals surface area contributed by atoms with Crippen molar-refractivity contribution in [3.05, 3.63) is 41.0 Å². The van der Waals surface area contributed by atoms with E-state index < -0.39 is 41.5 Å². The molecule has 1 aromatic heterocycles. The number of aromatic nitrogens is 1. The smallest absolute Gasteiger partial charge is 0.246 e. The van der Waals surface area contributed by atoms with Crippen molar-refractivity contribution in [3.8, 4) is 10.4 Å². The second-order valence-corrected chi connectivity index (χ2v) is 11.1. The zero-order valence-corrected chi connectivity index (χ0v) is 22.3. The third-order valence-electron chi connectivity index (χ3n) is 6.42. The van der Waals surface area contributed by atoms with Gasteiger partial charge < -0.3 is 25.7 Å². The van der Waals surface area contributed by atoms with E-state index in [1.807, 2.05) is 52.0 Å². The van der Waals surface area contributed by atoms with Crippen molar-refractivity contribution in [1.82, 2.24) is 20.5 Å². The predicted octanol–water partition coefficient (Wildman–Crippen LogP) is 2.17. The maximum absolute atomic E-state index is 13.5. The summed E-state index contributed by atoms with van der Waals surface area (Å²) in [5.74, 6) is -1.14. The van der Waals surface area contributed by atoms with Crippen LogP contribution in [0.25, 0.3) is 10.4 Å². The molecule has 0 aliphatic carbocycles. The summed E-state index contributed by atoms with van der Waals surface area (Å²) in [7, 11) is 0. The summed E-state index contributed by atoms with van der Waals surface area (Å²) in [6, 6.07) is 5.09. The fourth-order valence-corrected chi connectivity index (χ4v) is 5.14. The summed E-state index contributed by atoms with van der Waals surface area (Å²) in [5, 5.41) is 25.9. The Morgan fingerprint density at radius 3 is 2.39 bits per heavy atom. The molecule has 4 unspecified atom stereocenters. The number of aliphatic hydroxyl groups is 2. The van der Waals surface area contributed by atoms with Crippen LogP contribution in [0.5, 0.6) is 0 Å². The maximum Gasteiger partial charge on any atom is 0.246 e. The van der Waals surface area contributed by atoms with Crippen LogP contribution in [-0.4, -0.2) is 69.2 Å². The Bertz CT molecular complexity index is 1080. The van der Waals surface area contributed by atoms with Crippen LogP contribution in [0.2, 0.25) is 0 Å². The molecule has 9 nitrogen and oxygen atoms in total. The molecule has 3 amide bonds. The normalized spacial score (nSPS) is 19.6. The highest BCUT2D eigenvalue weighted by molar-refractivity contribution is 7.13. The van der Waals surface area contributed by atoms with Crippen LogP contribution in [0.15, 0.2) is 29.8 Å². The van der Waals surface area contributed by atoms with Crippen molar-refractivity contribution >= 4 is 29.1 Å². The lowest BCUT2D eigenvalue weighted by Gasteiger charge is -2.35. The minimum atomic E-state index is -0.913.